The summed E-state index contributed by atoms with van der Waals surface area (Å²) in [6.45, 7) is 7.56. The van der Waals surface area contributed by atoms with E-state index in [1.807, 2.05) is 63.5 Å². The Morgan fingerprint density at radius 2 is 1.73 bits per heavy atom. The molecule has 1 amide bonds. The fourth-order valence-electron chi connectivity index (χ4n) is 2.60. The van der Waals surface area contributed by atoms with Crippen LogP contribution in [-0.2, 0) is 11.3 Å². The van der Waals surface area contributed by atoms with Gasteiger partial charge in [-0.2, -0.15) is 0 Å². The first-order chi connectivity index (χ1) is 11.9. The lowest BCUT2D eigenvalue weighted by Gasteiger charge is -2.39. The highest BCUT2D eigenvalue weighted by atomic mass is 35.5. The smallest absolute Gasteiger partial charge is 0.410 e. The van der Waals surface area contributed by atoms with Crippen LogP contribution in [0.1, 0.15) is 26.3 Å². The molecule has 0 bridgehead atoms. The Balaban J connectivity index is 0.00000243. The van der Waals surface area contributed by atoms with Crippen molar-refractivity contribution in [2.75, 3.05) is 13.1 Å². The molecule has 0 N–H and O–H groups in total. The molecule has 1 aliphatic rings. The quantitative estimate of drug-likeness (QED) is 0.707. The molecule has 0 unspecified atom stereocenters. The van der Waals surface area contributed by atoms with Gasteiger partial charge in [-0.1, -0.05) is 30.3 Å². The highest BCUT2D eigenvalue weighted by Gasteiger charge is 2.35. The molecule has 1 aliphatic heterocycles. The lowest BCUT2D eigenvalue weighted by atomic mass is 10.1. The number of nitrogens with zero attached hydrogens (tertiary/aromatic N) is 2. The summed E-state index contributed by atoms with van der Waals surface area (Å²) in [6, 6.07) is 14.2. The van der Waals surface area contributed by atoms with Gasteiger partial charge >= 0.3 is 6.09 Å². The molecule has 0 radical (unpaired) electrons. The van der Waals surface area contributed by atoms with Gasteiger partial charge in [0.05, 0.1) is 13.1 Å². The normalized spacial score (nSPS) is 14.2. The van der Waals surface area contributed by atoms with Gasteiger partial charge in [0.15, 0.2) is 18.9 Å². The van der Waals surface area contributed by atoms with E-state index >= 15 is 0 Å². The minimum Gasteiger partial charge on any atom is -1.00 e. The Bertz CT molecular complexity index is 708. The van der Waals surface area contributed by atoms with Gasteiger partial charge in [-0.05, 0) is 20.8 Å². The van der Waals surface area contributed by atoms with Crippen LogP contribution in [0.2, 0.25) is 0 Å². The number of rotatable bonds is 4. The number of amides is 1. The summed E-state index contributed by atoms with van der Waals surface area (Å²) in [6.07, 6.45) is 3.76. The number of likely N-dealkylation sites (tertiary alicyclic amines) is 1. The molecule has 1 aromatic carbocycles. The van der Waals surface area contributed by atoms with Crippen LogP contribution in [0.5, 0.6) is 5.75 Å². The van der Waals surface area contributed by atoms with E-state index in [-0.39, 0.29) is 24.6 Å². The molecule has 1 aromatic heterocycles. The van der Waals surface area contributed by atoms with Crippen molar-refractivity contribution in [3.8, 4) is 5.75 Å². The summed E-state index contributed by atoms with van der Waals surface area (Å²) in [5, 5.41) is 0. The Labute approximate surface area is 160 Å². The van der Waals surface area contributed by atoms with E-state index in [4.69, 9.17) is 9.47 Å². The van der Waals surface area contributed by atoms with Crippen molar-refractivity contribution in [1.29, 1.82) is 0 Å². The maximum Gasteiger partial charge on any atom is 0.410 e. The van der Waals surface area contributed by atoms with Crippen LogP contribution in [0, 0.1) is 0 Å². The Kier molecular flexibility index (Phi) is 6.48. The van der Waals surface area contributed by atoms with Crippen molar-refractivity contribution in [2.45, 2.75) is 39.0 Å². The van der Waals surface area contributed by atoms with E-state index in [1.54, 1.807) is 4.90 Å². The SMILES string of the molecule is CC(C)(C)OC(=O)N1CC(Oc2cc[n+](Cc3ccccc3)cc2)C1.[Cl-]. The molecule has 1 fully saturated rings. The number of aromatic nitrogens is 1. The van der Waals surface area contributed by atoms with E-state index in [9.17, 15) is 4.79 Å². The summed E-state index contributed by atoms with van der Waals surface area (Å²) >= 11 is 0. The number of benzene rings is 1. The lowest BCUT2D eigenvalue weighted by Crippen LogP contribution is -3.00. The molecule has 0 aliphatic carbocycles. The minimum absolute atomic E-state index is 0. The van der Waals surface area contributed by atoms with Crippen LogP contribution in [0.3, 0.4) is 0 Å². The van der Waals surface area contributed by atoms with Crippen LogP contribution >= 0.6 is 0 Å². The highest BCUT2D eigenvalue weighted by Crippen LogP contribution is 2.19. The number of ether oxygens (including phenoxy) is 2. The number of carbonyl (C=O) groups excluding carboxylic acids is 1. The average Bonchev–Trinajstić information content (AvgIpc) is 2.51. The molecule has 1 saturated heterocycles. The monoisotopic (exact) mass is 376 g/mol. The Morgan fingerprint density at radius 1 is 1.12 bits per heavy atom. The number of carbonyl (C=O) groups is 1. The molecule has 0 atom stereocenters. The predicted octanol–water partition coefficient (Wildman–Crippen LogP) is 0.0245. The summed E-state index contributed by atoms with van der Waals surface area (Å²) in [5.41, 5.74) is 0.794. The third-order valence-electron chi connectivity index (χ3n) is 3.87. The third kappa shape index (κ3) is 5.63. The molecular weight excluding hydrogens is 352 g/mol. The molecule has 2 aromatic rings. The topological polar surface area (TPSA) is 42.6 Å². The molecule has 6 heteroatoms. The van der Waals surface area contributed by atoms with Crippen LogP contribution in [0.4, 0.5) is 4.79 Å². The maximum absolute atomic E-state index is 11.9. The van der Waals surface area contributed by atoms with Gasteiger partial charge in [0, 0.05) is 17.7 Å². The zero-order valence-electron chi connectivity index (χ0n) is 15.4. The van der Waals surface area contributed by atoms with Crippen molar-refractivity contribution in [2.24, 2.45) is 0 Å². The van der Waals surface area contributed by atoms with Crippen molar-refractivity contribution in [1.82, 2.24) is 4.90 Å². The molecular formula is C20H25ClN2O3. The second-order valence-corrected chi connectivity index (χ2v) is 7.32. The zero-order valence-corrected chi connectivity index (χ0v) is 16.1. The van der Waals surface area contributed by atoms with Gasteiger partial charge in [-0.25, -0.2) is 9.36 Å². The van der Waals surface area contributed by atoms with Gasteiger partial charge in [0.2, 0.25) is 0 Å². The van der Waals surface area contributed by atoms with Gasteiger partial charge in [-0.15, -0.1) is 0 Å². The van der Waals surface area contributed by atoms with Gasteiger partial charge in [-0.3, -0.25) is 0 Å². The van der Waals surface area contributed by atoms with E-state index in [1.165, 1.54) is 5.56 Å². The third-order valence-corrected chi connectivity index (χ3v) is 3.87. The molecule has 3 rings (SSSR count). The molecule has 0 spiro atoms. The lowest BCUT2D eigenvalue weighted by molar-refractivity contribution is -0.688. The number of hydrogen-bond donors (Lipinski definition) is 0. The largest absolute Gasteiger partial charge is 1.00 e. The molecule has 2 heterocycles. The van der Waals surface area contributed by atoms with Gasteiger partial charge in [0.25, 0.3) is 0 Å². The van der Waals surface area contributed by atoms with E-state index in [2.05, 4.69) is 16.7 Å². The van der Waals surface area contributed by atoms with Crippen molar-refractivity contribution in [3.05, 3.63) is 60.4 Å². The van der Waals surface area contributed by atoms with Crippen molar-refractivity contribution >= 4 is 6.09 Å². The van der Waals surface area contributed by atoms with Crippen molar-refractivity contribution in [3.63, 3.8) is 0 Å². The Morgan fingerprint density at radius 3 is 2.31 bits per heavy atom. The predicted molar refractivity (Wildman–Crippen MR) is 94.4 cm³/mol. The van der Waals surface area contributed by atoms with Crippen LogP contribution in [-0.4, -0.2) is 35.8 Å². The van der Waals surface area contributed by atoms with Gasteiger partial charge < -0.3 is 26.8 Å². The standard InChI is InChI=1S/C20H25N2O3.ClH/c1-20(2,3)25-19(23)22-14-18(15-22)24-17-9-11-21(12-10-17)13-16-7-5-4-6-8-16;/h4-12,18H,13-15H2,1-3H3;1H/q+1;/p-1. The van der Waals surface area contributed by atoms with E-state index < -0.39 is 5.60 Å². The fourth-order valence-corrected chi connectivity index (χ4v) is 2.60. The van der Waals surface area contributed by atoms with Crippen LogP contribution in [0.15, 0.2) is 54.9 Å². The molecule has 26 heavy (non-hydrogen) atoms. The summed E-state index contributed by atoms with van der Waals surface area (Å²) < 4.78 is 13.4. The fraction of sp³-hybridized carbons (Fsp3) is 0.400. The van der Waals surface area contributed by atoms with Crippen LogP contribution in [0.25, 0.3) is 0 Å². The van der Waals surface area contributed by atoms with E-state index in [0.717, 1.165) is 12.3 Å². The number of hydrogen-bond acceptors (Lipinski definition) is 3. The zero-order chi connectivity index (χ0) is 17.9. The number of halogens is 1. The Hall–Kier alpha value is -2.27. The first-order valence-corrected chi connectivity index (χ1v) is 8.57. The van der Waals surface area contributed by atoms with Crippen LogP contribution < -0.4 is 21.7 Å². The second-order valence-electron chi connectivity index (χ2n) is 7.32. The first-order valence-electron chi connectivity index (χ1n) is 8.57. The molecule has 0 saturated carbocycles. The summed E-state index contributed by atoms with van der Waals surface area (Å²) in [4.78, 5) is 13.6. The van der Waals surface area contributed by atoms with Crippen molar-refractivity contribution < 1.29 is 31.2 Å². The maximum atomic E-state index is 11.9. The summed E-state index contributed by atoms with van der Waals surface area (Å²) in [7, 11) is 0. The molecule has 5 nitrogen and oxygen atoms in total. The molecule has 140 valence electrons. The average molecular weight is 377 g/mol. The second kappa shape index (κ2) is 8.41. The highest BCUT2D eigenvalue weighted by molar-refractivity contribution is 5.69. The summed E-state index contributed by atoms with van der Waals surface area (Å²) in [5.74, 6) is 0.818. The van der Waals surface area contributed by atoms with E-state index in [0.29, 0.717) is 13.1 Å². The van der Waals surface area contributed by atoms with Gasteiger partial charge in [0.1, 0.15) is 17.5 Å². The number of pyridine rings is 1. The minimum atomic E-state index is -0.463. The first kappa shape index (κ1) is 20.0.